The summed E-state index contributed by atoms with van der Waals surface area (Å²) in [5.41, 5.74) is 2.34. The molecule has 0 amide bonds. The van der Waals surface area contributed by atoms with E-state index in [0.29, 0.717) is 18.0 Å². The highest BCUT2D eigenvalue weighted by molar-refractivity contribution is 5.33. The maximum Gasteiger partial charge on any atom is 0.138 e. The molecular formula is C18H25N5O. The average molecular weight is 327 g/mol. The Labute approximate surface area is 142 Å². The Morgan fingerprint density at radius 3 is 2.92 bits per heavy atom. The standard InChI is InChI=1S/C18H25N5O/c1-2-16(18-11-24-9-8-20-18)17(3-1)21-10-14-4-6-15(7-5-14)23-13-19-12-22-23/h4-7,12-13,16-18,20-21H,1-3,8-11H2. The van der Waals surface area contributed by atoms with Gasteiger partial charge in [0, 0.05) is 25.2 Å². The van der Waals surface area contributed by atoms with Gasteiger partial charge in [-0.15, -0.1) is 0 Å². The van der Waals surface area contributed by atoms with Gasteiger partial charge in [0.05, 0.1) is 18.9 Å². The SMILES string of the molecule is c1ncn(-c2ccc(CNC3CCCC3C3COCCN3)cc2)n1. The second-order valence-electron chi connectivity index (χ2n) is 6.72. The molecule has 6 nitrogen and oxygen atoms in total. The Hall–Kier alpha value is -1.76. The van der Waals surface area contributed by atoms with Crippen LogP contribution >= 0.6 is 0 Å². The highest BCUT2D eigenvalue weighted by atomic mass is 16.5. The third-order valence-corrected chi connectivity index (χ3v) is 5.22. The van der Waals surface area contributed by atoms with Gasteiger partial charge in [0.15, 0.2) is 0 Å². The van der Waals surface area contributed by atoms with Crippen LogP contribution in [-0.2, 0) is 11.3 Å². The average Bonchev–Trinajstić information content (AvgIpc) is 3.33. The number of benzene rings is 1. The molecule has 6 heteroatoms. The summed E-state index contributed by atoms with van der Waals surface area (Å²) in [6.45, 7) is 3.60. The maximum atomic E-state index is 5.65. The van der Waals surface area contributed by atoms with Crippen molar-refractivity contribution in [1.29, 1.82) is 0 Å². The number of hydrogen-bond donors (Lipinski definition) is 2. The number of aromatic nitrogens is 3. The number of nitrogens with zero attached hydrogens (tertiary/aromatic N) is 3. The van der Waals surface area contributed by atoms with Crippen molar-refractivity contribution in [3.05, 3.63) is 42.5 Å². The summed E-state index contributed by atoms with van der Waals surface area (Å²) < 4.78 is 7.43. The van der Waals surface area contributed by atoms with Crippen LogP contribution in [0.3, 0.4) is 0 Å². The number of morpholine rings is 1. The summed E-state index contributed by atoms with van der Waals surface area (Å²) in [6.07, 6.45) is 7.14. The van der Waals surface area contributed by atoms with Crippen LogP contribution in [-0.4, -0.2) is 46.6 Å². The number of rotatable bonds is 5. The fourth-order valence-corrected chi connectivity index (χ4v) is 3.94. The smallest absolute Gasteiger partial charge is 0.138 e. The van der Waals surface area contributed by atoms with Crippen molar-refractivity contribution in [2.24, 2.45) is 5.92 Å². The maximum absolute atomic E-state index is 5.65. The third-order valence-electron chi connectivity index (χ3n) is 5.22. The molecule has 3 atom stereocenters. The van der Waals surface area contributed by atoms with E-state index in [1.807, 2.05) is 0 Å². The molecule has 1 aromatic heterocycles. The van der Waals surface area contributed by atoms with E-state index in [2.05, 4.69) is 45.0 Å². The molecule has 1 saturated heterocycles. The van der Waals surface area contributed by atoms with E-state index >= 15 is 0 Å². The van der Waals surface area contributed by atoms with Gasteiger partial charge in [0.1, 0.15) is 12.7 Å². The van der Waals surface area contributed by atoms with Gasteiger partial charge >= 0.3 is 0 Å². The normalized spacial score (nSPS) is 27.4. The van der Waals surface area contributed by atoms with Crippen LogP contribution in [0, 0.1) is 5.92 Å². The minimum atomic E-state index is 0.508. The van der Waals surface area contributed by atoms with Crippen LogP contribution in [0.4, 0.5) is 0 Å². The molecule has 0 radical (unpaired) electrons. The zero-order valence-electron chi connectivity index (χ0n) is 13.9. The largest absolute Gasteiger partial charge is 0.379 e. The highest BCUT2D eigenvalue weighted by Crippen LogP contribution is 2.29. The lowest BCUT2D eigenvalue weighted by atomic mass is 9.94. The first-order chi connectivity index (χ1) is 11.9. The van der Waals surface area contributed by atoms with Gasteiger partial charge in [-0.05, 0) is 36.5 Å². The molecule has 1 saturated carbocycles. The lowest BCUT2D eigenvalue weighted by Crippen LogP contribution is -2.50. The second kappa shape index (κ2) is 7.42. The van der Waals surface area contributed by atoms with Crippen molar-refractivity contribution < 1.29 is 4.74 Å². The monoisotopic (exact) mass is 327 g/mol. The van der Waals surface area contributed by atoms with E-state index in [9.17, 15) is 0 Å². The van der Waals surface area contributed by atoms with Gasteiger partial charge in [-0.1, -0.05) is 18.6 Å². The molecule has 2 fully saturated rings. The van der Waals surface area contributed by atoms with Gasteiger partial charge in [-0.2, -0.15) is 5.10 Å². The molecular weight excluding hydrogens is 302 g/mol. The van der Waals surface area contributed by atoms with E-state index < -0.39 is 0 Å². The van der Waals surface area contributed by atoms with E-state index in [-0.39, 0.29) is 0 Å². The Balaban J connectivity index is 1.34. The molecule has 2 aliphatic rings. The van der Waals surface area contributed by atoms with Crippen molar-refractivity contribution in [1.82, 2.24) is 25.4 Å². The van der Waals surface area contributed by atoms with Crippen LogP contribution in [0.2, 0.25) is 0 Å². The van der Waals surface area contributed by atoms with Crippen LogP contribution in [0.25, 0.3) is 5.69 Å². The molecule has 24 heavy (non-hydrogen) atoms. The van der Waals surface area contributed by atoms with Gasteiger partial charge in [0.2, 0.25) is 0 Å². The summed E-state index contributed by atoms with van der Waals surface area (Å²) in [6, 6.07) is 9.60. The molecule has 2 N–H and O–H groups in total. The van der Waals surface area contributed by atoms with Gasteiger partial charge < -0.3 is 15.4 Å². The number of ether oxygens (including phenoxy) is 1. The highest BCUT2D eigenvalue weighted by Gasteiger charge is 2.34. The molecule has 1 aliphatic heterocycles. The minimum absolute atomic E-state index is 0.508. The summed E-state index contributed by atoms with van der Waals surface area (Å²) in [5, 5.41) is 11.6. The van der Waals surface area contributed by atoms with Crippen LogP contribution in [0.5, 0.6) is 0 Å². The van der Waals surface area contributed by atoms with Gasteiger partial charge in [-0.25, -0.2) is 9.67 Å². The Morgan fingerprint density at radius 1 is 1.25 bits per heavy atom. The predicted octanol–water partition coefficient (Wildman–Crippen LogP) is 1.51. The van der Waals surface area contributed by atoms with Crippen molar-refractivity contribution in [2.75, 3.05) is 19.8 Å². The van der Waals surface area contributed by atoms with Crippen molar-refractivity contribution >= 4 is 0 Å². The zero-order valence-corrected chi connectivity index (χ0v) is 13.9. The van der Waals surface area contributed by atoms with Crippen LogP contribution < -0.4 is 10.6 Å². The molecule has 4 rings (SSSR count). The lowest BCUT2D eigenvalue weighted by Gasteiger charge is -2.33. The summed E-state index contributed by atoms with van der Waals surface area (Å²) in [4.78, 5) is 3.99. The van der Waals surface area contributed by atoms with E-state index in [1.165, 1.54) is 24.8 Å². The Kier molecular flexibility index (Phi) is 4.87. The first kappa shape index (κ1) is 15.7. The fourth-order valence-electron chi connectivity index (χ4n) is 3.94. The van der Waals surface area contributed by atoms with Crippen molar-refractivity contribution in [3.63, 3.8) is 0 Å². The zero-order chi connectivity index (χ0) is 16.2. The van der Waals surface area contributed by atoms with E-state index in [4.69, 9.17) is 4.74 Å². The number of hydrogen-bond acceptors (Lipinski definition) is 5. The van der Waals surface area contributed by atoms with Crippen molar-refractivity contribution in [3.8, 4) is 5.69 Å². The molecule has 0 spiro atoms. The van der Waals surface area contributed by atoms with E-state index in [1.54, 1.807) is 17.3 Å². The van der Waals surface area contributed by atoms with Crippen molar-refractivity contribution in [2.45, 2.75) is 37.9 Å². The quantitative estimate of drug-likeness (QED) is 0.872. The van der Waals surface area contributed by atoms with E-state index in [0.717, 1.165) is 32.0 Å². The molecule has 2 aromatic rings. The Bertz CT molecular complexity index is 621. The van der Waals surface area contributed by atoms with Gasteiger partial charge in [0.25, 0.3) is 0 Å². The minimum Gasteiger partial charge on any atom is -0.379 e. The molecule has 3 unspecified atom stereocenters. The topological polar surface area (TPSA) is 64.0 Å². The summed E-state index contributed by atoms with van der Waals surface area (Å²) in [5.74, 6) is 0.680. The number of nitrogens with one attached hydrogen (secondary N) is 2. The molecule has 0 bridgehead atoms. The van der Waals surface area contributed by atoms with Crippen LogP contribution in [0.15, 0.2) is 36.9 Å². The second-order valence-corrected chi connectivity index (χ2v) is 6.72. The predicted molar refractivity (Wildman–Crippen MR) is 91.9 cm³/mol. The van der Waals surface area contributed by atoms with Gasteiger partial charge in [-0.3, -0.25) is 0 Å². The molecule has 1 aromatic carbocycles. The first-order valence-corrected chi connectivity index (χ1v) is 8.88. The lowest BCUT2D eigenvalue weighted by molar-refractivity contribution is 0.0524. The fraction of sp³-hybridized carbons (Fsp3) is 0.556. The summed E-state index contributed by atoms with van der Waals surface area (Å²) in [7, 11) is 0. The Morgan fingerprint density at radius 2 is 2.17 bits per heavy atom. The molecule has 128 valence electrons. The molecule has 1 aliphatic carbocycles. The van der Waals surface area contributed by atoms with Crippen LogP contribution in [0.1, 0.15) is 24.8 Å². The summed E-state index contributed by atoms with van der Waals surface area (Å²) >= 11 is 0. The molecule has 2 heterocycles. The third kappa shape index (κ3) is 3.50. The first-order valence-electron chi connectivity index (χ1n) is 8.88.